The average molecular weight is 601 g/mol. The van der Waals surface area contributed by atoms with Gasteiger partial charge >= 0.3 is 6.18 Å². The molecule has 0 unspecified atom stereocenters. The van der Waals surface area contributed by atoms with Gasteiger partial charge in [-0.25, -0.2) is 13.3 Å². The molecule has 2 amide bonds. The molecule has 0 atom stereocenters. The lowest BCUT2D eigenvalue weighted by Crippen LogP contribution is -2.49. The summed E-state index contributed by atoms with van der Waals surface area (Å²) in [5, 5.41) is 9.00. The Balaban J connectivity index is 1.44. The van der Waals surface area contributed by atoms with Gasteiger partial charge in [0.1, 0.15) is 0 Å². The van der Waals surface area contributed by atoms with Crippen LogP contribution in [0.2, 0.25) is 0 Å². The van der Waals surface area contributed by atoms with Crippen LogP contribution in [0.4, 0.5) is 18.9 Å². The van der Waals surface area contributed by atoms with Crippen molar-refractivity contribution in [3.05, 3.63) is 40.5 Å². The maximum atomic E-state index is 13.4. The van der Waals surface area contributed by atoms with Gasteiger partial charge < -0.3 is 14.4 Å². The first-order chi connectivity index (χ1) is 19.4. The zero-order chi connectivity index (χ0) is 30.2. The molecule has 41 heavy (non-hydrogen) atoms. The number of imide groups is 1. The van der Waals surface area contributed by atoms with Crippen LogP contribution in [0.3, 0.4) is 0 Å². The molecule has 0 spiro atoms. The van der Waals surface area contributed by atoms with Crippen LogP contribution in [0, 0.1) is 11.3 Å². The number of unbranched alkanes of at least 4 members (excludes halogenated alkanes) is 2. The second-order valence-corrected chi connectivity index (χ2v) is 11.9. The molecule has 0 bridgehead atoms. The van der Waals surface area contributed by atoms with E-state index in [1.807, 2.05) is 0 Å². The summed E-state index contributed by atoms with van der Waals surface area (Å²) in [6, 6.07) is 4.27. The van der Waals surface area contributed by atoms with Gasteiger partial charge in [0.15, 0.2) is 0 Å². The zero-order valence-electron chi connectivity index (χ0n) is 23.2. The van der Waals surface area contributed by atoms with E-state index >= 15 is 0 Å². The Bertz CT molecular complexity index is 1280. The summed E-state index contributed by atoms with van der Waals surface area (Å²) in [7, 11) is -1.84. The van der Waals surface area contributed by atoms with Crippen molar-refractivity contribution in [2.75, 3.05) is 70.3 Å². The molecule has 10 nitrogen and oxygen atoms in total. The Labute approximate surface area is 238 Å². The van der Waals surface area contributed by atoms with Crippen molar-refractivity contribution in [3.8, 4) is 6.07 Å². The number of halogens is 3. The molecule has 3 rings (SSSR count). The predicted molar refractivity (Wildman–Crippen MR) is 144 cm³/mol. The number of carbonyl (C=O) groups is 2. The van der Waals surface area contributed by atoms with Gasteiger partial charge in [-0.1, -0.05) is 6.42 Å². The maximum absolute atomic E-state index is 13.4. The highest BCUT2D eigenvalue weighted by Crippen LogP contribution is 2.37. The van der Waals surface area contributed by atoms with Crippen LogP contribution >= 0.6 is 0 Å². The average Bonchev–Trinajstić information content (AvgIpc) is 3.14. The Morgan fingerprint density at radius 1 is 1.00 bits per heavy atom. The van der Waals surface area contributed by atoms with Crippen LogP contribution in [-0.4, -0.2) is 94.8 Å². The molecule has 0 saturated carbocycles. The molecule has 1 fully saturated rings. The largest absolute Gasteiger partial charge is 0.417 e. The molecule has 0 radical (unpaired) electrons. The number of hydrogen-bond acceptors (Lipinski definition) is 8. The number of nitriles is 1. The Kier molecular flexibility index (Phi) is 11.5. The molecule has 0 N–H and O–H groups in total. The van der Waals surface area contributed by atoms with Crippen molar-refractivity contribution in [2.45, 2.75) is 38.8 Å². The lowest BCUT2D eigenvalue weighted by molar-refractivity contribution is -0.138. The molecule has 14 heteroatoms. The number of rotatable bonds is 14. The smallest absolute Gasteiger partial charge is 0.382 e. The fourth-order valence-corrected chi connectivity index (χ4v) is 6.11. The highest BCUT2D eigenvalue weighted by molar-refractivity contribution is 7.89. The number of nitrogens with zero attached hydrogens (tertiary/aromatic N) is 4. The number of hydrogen-bond donors (Lipinski definition) is 0. The van der Waals surface area contributed by atoms with E-state index in [9.17, 15) is 31.2 Å². The molecule has 2 aliphatic heterocycles. The summed E-state index contributed by atoms with van der Waals surface area (Å²) in [6.45, 7) is 5.16. The van der Waals surface area contributed by atoms with Gasteiger partial charge in [0, 0.05) is 44.4 Å². The SMILES string of the molecule is COCCOCCS(=O)(=O)N1CCN(CCCCCC2=C(C)C(=O)N(c3ccc(C#N)c(C(F)(F)F)c3)C2=O)CC1. The third-order valence-electron chi connectivity index (χ3n) is 7.17. The fraction of sp³-hybridized carbons (Fsp3) is 0.593. The van der Waals surface area contributed by atoms with Crippen LogP contribution in [0.5, 0.6) is 0 Å². The molecule has 1 aromatic carbocycles. The summed E-state index contributed by atoms with van der Waals surface area (Å²) < 4.78 is 76.8. The van der Waals surface area contributed by atoms with Crippen LogP contribution in [0.25, 0.3) is 0 Å². The molecule has 226 valence electrons. The second-order valence-electron chi connectivity index (χ2n) is 9.86. The standard InChI is InChI=1S/C27H35F3N4O6S/c1-20-23(26(36)34(25(20)35)22-8-7-21(19-31)24(18-22)27(28,29)30)6-4-3-5-9-32-10-12-33(13-11-32)41(37,38)17-16-40-15-14-39-2/h7-8,18H,3-6,9-17H2,1-2H3. The molecule has 2 heterocycles. The molecular weight excluding hydrogens is 565 g/mol. The number of sulfonamides is 1. The summed E-state index contributed by atoms with van der Waals surface area (Å²) in [4.78, 5) is 28.7. The number of alkyl halides is 3. The van der Waals surface area contributed by atoms with E-state index in [0.717, 1.165) is 30.4 Å². The number of benzene rings is 1. The number of amides is 2. The van der Waals surface area contributed by atoms with Crippen molar-refractivity contribution in [2.24, 2.45) is 0 Å². The molecule has 2 aliphatic rings. The first-order valence-electron chi connectivity index (χ1n) is 13.4. The van der Waals surface area contributed by atoms with Crippen LogP contribution in [-0.2, 0) is 35.3 Å². The first kappa shape index (κ1) is 32.7. The number of methoxy groups -OCH3 is 1. The van der Waals surface area contributed by atoms with Gasteiger partial charge in [-0.3, -0.25) is 9.59 Å². The molecular formula is C27H35F3N4O6S. The van der Waals surface area contributed by atoms with Crippen molar-refractivity contribution < 1.29 is 40.7 Å². The minimum Gasteiger partial charge on any atom is -0.382 e. The van der Waals surface area contributed by atoms with E-state index in [4.69, 9.17) is 14.7 Å². The number of ether oxygens (including phenoxy) is 2. The maximum Gasteiger partial charge on any atom is 0.417 e. The van der Waals surface area contributed by atoms with E-state index in [-0.39, 0.29) is 29.2 Å². The zero-order valence-corrected chi connectivity index (χ0v) is 24.0. The van der Waals surface area contributed by atoms with Crippen molar-refractivity contribution >= 4 is 27.5 Å². The van der Waals surface area contributed by atoms with Crippen molar-refractivity contribution in [1.82, 2.24) is 9.21 Å². The van der Waals surface area contributed by atoms with Gasteiger partial charge in [-0.05, 0) is 50.9 Å². The lowest BCUT2D eigenvalue weighted by Gasteiger charge is -2.34. The molecule has 1 aromatic rings. The predicted octanol–water partition coefficient (Wildman–Crippen LogP) is 2.94. The Hall–Kier alpha value is -2.83. The normalized spacial score (nSPS) is 17.5. The van der Waals surface area contributed by atoms with E-state index in [1.54, 1.807) is 7.11 Å². The third-order valence-corrected chi connectivity index (χ3v) is 9.00. The lowest BCUT2D eigenvalue weighted by atomic mass is 10.0. The van der Waals surface area contributed by atoms with Crippen LogP contribution in [0.15, 0.2) is 29.3 Å². The van der Waals surface area contributed by atoms with Crippen LogP contribution < -0.4 is 4.90 Å². The van der Waals surface area contributed by atoms with Gasteiger partial charge in [-0.2, -0.15) is 22.7 Å². The van der Waals surface area contributed by atoms with Gasteiger partial charge in [0.2, 0.25) is 10.0 Å². The minimum atomic E-state index is -4.81. The molecule has 1 saturated heterocycles. The highest BCUT2D eigenvalue weighted by Gasteiger charge is 2.39. The molecule has 0 aliphatic carbocycles. The van der Waals surface area contributed by atoms with Crippen LogP contribution in [0.1, 0.15) is 43.7 Å². The van der Waals surface area contributed by atoms with Gasteiger partial charge in [0.25, 0.3) is 11.8 Å². The number of piperazine rings is 1. The van der Waals surface area contributed by atoms with E-state index < -0.39 is 39.1 Å². The summed E-state index contributed by atoms with van der Waals surface area (Å²) in [5.74, 6) is -1.39. The molecule has 0 aromatic heterocycles. The van der Waals surface area contributed by atoms with Gasteiger partial charge in [-0.15, -0.1) is 0 Å². The summed E-state index contributed by atoms with van der Waals surface area (Å²) in [6.07, 6.45) is -2.32. The number of carbonyl (C=O) groups excluding carboxylic acids is 2. The van der Waals surface area contributed by atoms with E-state index in [2.05, 4.69) is 4.90 Å². The Morgan fingerprint density at radius 3 is 2.34 bits per heavy atom. The second kappa shape index (κ2) is 14.4. The minimum absolute atomic E-state index is 0.0701. The first-order valence-corrected chi connectivity index (χ1v) is 15.0. The van der Waals surface area contributed by atoms with E-state index in [0.29, 0.717) is 58.3 Å². The third kappa shape index (κ3) is 8.36. The van der Waals surface area contributed by atoms with Crippen molar-refractivity contribution in [3.63, 3.8) is 0 Å². The summed E-state index contributed by atoms with van der Waals surface area (Å²) in [5.41, 5.74) is -1.53. The van der Waals surface area contributed by atoms with Crippen molar-refractivity contribution in [1.29, 1.82) is 5.26 Å². The topological polar surface area (TPSA) is 120 Å². The fourth-order valence-electron chi connectivity index (χ4n) is 4.80. The number of anilines is 1. The highest BCUT2D eigenvalue weighted by atomic mass is 32.2. The monoisotopic (exact) mass is 600 g/mol. The summed E-state index contributed by atoms with van der Waals surface area (Å²) >= 11 is 0. The quantitative estimate of drug-likeness (QED) is 0.236. The Morgan fingerprint density at radius 2 is 1.71 bits per heavy atom. The van der Waals surface area contributed by atoms with Gasteiger partial charge in [0.05, 0.1) is 48.5 Å². The van der Waals surface area contributed by atoms with E-state index in [1.165, 1.54) is 23.4 Å².